The topological polar surface area (TPSA) is 40.5 Å². The third kappa shape index (κ3) is 2.17. The first-order valence-electron chi connectivity index (χ1n) is 6.13. The zero-order valence-corrected chi connectivity index (χ0v) is 9.48. The summed E-state index contributed by atoms with van der Waals surface area (Å²) in [7, 11) is 2.09. The summed E-state index contributed by atoms with van der Waals surface area (Å²) in [4.78, 5) is 13.4. The number of aliphatic carboxylic acids is 1. The van der Waals surface area contributed by atoms with Crippen LogP contribution in [0, 0.1) is 11.8 Å². The first-order chi connectivity index (χ1) is 7.20. The van der Waals surface area contributed by atoms with E-state index in [0.717, 1.165) is 13.0 Å². The van der Waals surface area contributed by atoms with Crippen molar-refractivity contribution < 1.29 is 9.90 Å². The Bertz CT molecular complexity index is 236. The Balaban J connectivity index is 2.05. The lowest BCUT2D eigenvalue weighted by Gasteiger charge is -2.34. The third-order valence-corrected chi connectivity index (χ3v) is 4.16. The van der Waals surface area contributed by atoms with Gasteiger partial charge in [0.2, 0.25) is 0 Å². The van der Waals surface area contributed by atoms with Gasteiger partial charge in [-0.1, -0.05) is 19.3 Å². The molecule has 1 N–H and O–H groups in total. The minimum absolute atomic E-state index is 0.113. The van der Waals surface area contributed by atoms with Gasteiger partial charge in [-0.2, -0.15) is 0 Å². The van der Waals surface area contributed by atoms with E-state index in [9.17, 15) is 9.90 Å². The highest BCUT2D eigenvalue weighted by Crippen LogP contribution is 2.36. The van der Waals surface area contributed by atoms with Crippen molar-refractivity contribution in [1.29, 1.82) is 0 Å². The average Bonchev–Trinajstić information content (AvgIpc) is 2.61. The van der Waals surface area contributed by atoms with Gasteiger partial charge < -0.3 is 10.0 Å². The maximum Gasteiger partial charge on any atom is 0.308 e. The van der Waals surface area contributed by atoms with Gasteiger partial charge in [-0.05, 0) is 38.8 Å². The van der Waals surface area contributed by atoms with E-state index in [1.807, 2.05) is 0 Å². The van der Waals surface area contributed by atoms with Crippen molar-refractivity contribution >= 4 is 5.97 Å². The molecular formula is C12H21NO2. The van der Waals surface area contributed by atoms with Crippen molar-refractivity contribution in [3.63, 3.8) is 0 Å². The second kappa shape index (κ2) is 4.52. The minimum Gasteiger partial charge on any atom is -0.481 e. The molecule has 0 amide bonds. The van der Waals surface area contributed by atoms with E-state index in [4.69, 9.17) is 0 Å². The number of rotatable bonds is 2. The van der Waals surface area contributed by atoms with Gasteiger partial charge in [0.25, 0.3) is 0 Å². The summed E-state index contributed by atoms with van der Waals surface area (Å²) in [5.41, 5.74) is 0. The van der Waals surface area contributed by atoms with E-state index < -0.39 is 5.97 Å². The van der Waals surface area contributed by atoms with Crippen LogP contribution >= 0.6 is 0 Å². The van der Waals surface area contributed by atoms with Crippen LogP contribution in [0.4, 0.5) is 0 Å². The Morgan fingerprint density at radius 2 is 1.87 bits per heavy atom. The third-order valence-electron chi connectivity index (χ3n) is 4.16. The lowest BCUT2D eigenvalue weighted by molar-refractivity contribution is -0.143. The Labute approximate surface area is 91.5 Å². The fraction of sp³-hybridized carbons (Fsp3) is 0.917. The molecule has 2 unspecified atom stereocenters. The summed E-state index contributed by atoms with van der Waals surface area (Å²) < 4.78 is 0. The molecule has 0 bridgehead atoms. The SMILES string of the molecule is CN1CCC(C(=O)O)C1C1CCCCC1. The van der Waals surface area contributed by atoms with E-state index >= 15 is 0 Å². The van der Waals surface area contributed by atoms with Gasteiger partial charge in [-0.3, -0.25) is 4.79 Å². The molecule has 2 fully saturated rings. The molecule has 0 aromatic carbocycles. The van der Waals surface area contributed by atoms with Crippen LogP contribution in [0.3, 0.4) is 0 Å². The fourth-order valence-electron chi connectivity index (χ4n) is 3.40. The molecule has 1 aliphatic carbocycles. The number of hydrogen-bond acceptors (Lipinski definition) is 2. The maximum absolute atomic E-state index is 11.2. The van der Waals surface area contributed by atoms with E-state index in [1.54, 1.807) is 0 Å². The molecular weight excluding hydrogens is 190 g/mol. The van der Waals surface area contributed by atoms with Crippen LogP contribution in [-0.4, -0.2) is 35.6 Å². The van der Waals surface area contributed by atoms with Gasteiger partial charge in [0.15, 0.2) is 0 Å². The summed E-state index contributed by atoms with van der Waals surface area (Å²) in [6.07, 6.45) is 7.23. The molecule has 2 rings (SSSR count). The highest BCUT2D eigenvalue weighted by atomic mass is 16.4. The van der Waals surface area contributed by atoms with Crippen LogP contribution in [0.15, 0.2) is 0 Å². The first-order valence-corrected chi connectivity index (χ1v) is 6.13. The number of carboxylic acid groups (broad SMARTS) is 1. The molecule has 2 atom stereocenters. The standard InChI is InChI=1S/C12H21NO2/c1-13-8-7-10(12(14)15)11(13)9-5-3-2-4-6-9/h9-11H,2-8H2,1H3,(H,14,15). The van der Waals surface area contributed by atoms with Crippen LogP contribution in [0.25, 0.3) is 0 Å². The molecule has 0 spiro atoms. The molecule has 0 radical (unpaired) electrons. The van der Waals surface area contributed by atoms with Gasteiger partial charge >= 0.3 is 5.97 Å². The quantitative estimate of drug-likeness (QED) is 0.759. The molecule has 1 aliphatic heterocycles. The highest BCUT2D eigenvalue weighted by molar-refractivity contribution is 5.71. The van der Waals surface area contributed by atoms with Crippen molar-refractivity contribution in [3.8, 4) is 0 Å². The molecule has 3 heteroatoms. The van der Waals surface area contributed by atoms with Gasteiger partial charge in [-0.25, -0.2) is 0 Å². The van der Waals surface area contributed by atoms with Crippen molar-refractivity contribution in [1.82, 2.24) is 4.90 Å². The summed E-state index contributed by atoms with van der Waals surface area (Å²) >= 11 is 0. The summed E-state index contributed by atoms with van der Waals surface area (Å²) in [5.74, 6) is -0.0691. The second-order valence-corrected chi connectivity index (χ2v) is 5.10. The van der Waals surface area contributed by atoms with Crippen LogP contribution in [-0.2, 0) is 4.79 Å². The fourth-order valence-corrected chi connectivity index (χ4v) is 3.40. The van der Waals surface area contributed by atoms with E-state index in [-0.39, 0.29) is 5.92 Å². The second-order valence-electron chi connectivity index (χ2n) is 5.10. The largest absolute Gasteiger partial charge is 0.481 e. The van der Waals surface area contributed by atoms with Crippen molar-refractivity contribution in [3.05, 3.63) is 0 Å². The Morgan fingerprint density at radius 3 is 2.47 bits per heavy atom. The molecule has 0 aromatic rings. The summed E-state index contributed by atoms with van der Waals surface area (Å²) in [6.45, 7) is 0.956. The molecule has 1 heterocycles. The predicted molar refractivity (Wildman–Crippen MR) is 58.7 cm³/mol. The normalized spacial score (nSPS) is 34.5. The van der Waals surface area contributed by atoms with E-state index in [2.05, 4.69) is 11.9 Å². The average molecular weight is 211 g/mol. The molecule has 0 aromatic heterocycles. The highest BCUT2D eigenvalue weighted by Gasteiger charge is 2.41. The van der Waals surface area contributed by atoms with Gasteiger partial charge in [0.1, 0.15) is 0 Å². The Hall–Kier alpha value is -0.570. The lowest BCUT2D eigenvalue weighted by Crippen LogP contribution is -2.40. The zero-order valence-electron chi connectivity index (χ0n) is 9.48. The number of nitrogens with zero attached hydrogens (tertiary/aromatic N) is 1. The molecule has 86 valence electrons. The van der Waals surface area contributed by atoms with Gasteiger partial charge in [-0.15, -0.1) is 0 Å². The van der Waals surface area contributed by atoms with Crippen molar-refractivity contribution in [2.24, 2.45) is 11.8 Å². The Kier molecular flexibility index (Phi) is 3.29. The van der Waals surface area contributed by atoms with E-state index in [1.165, 1.54) is 32.1 Å². The van der Waals surface area contributed by atoms with Crippen molar-refractivity contribution in [2.45, 2.75) is 44.6 Å². The number of carboxylic acids is 1. The molecule has 2 aliphatic rings. The van der Waals surface area contributed by atoms with Crippen LogP contribution < -0.4 is 0 Å². The number of hydrogen-bond donors (Lipinski definition) is 1. The van der Waals surface area contributed by atoms with Crippen LogP contribution in [0.2, 0.25) is 0 Å². The van der Waals surface area contributed by atoms with Crippen molar-refractivity contribution in [2.75, 3.05) is 13.6 Å². The summed E-state index contributed by atoms with van der Waals surface area (Å²) in [6, 6.07) is 0.308. The zero-order chi connectivity index (χ0) is 10.8. The molecule has 1 saturated carbocycles. The van der Waals surface area contributed by atoms with E-state index in [0.29, 0.717) is 12.0 Å². The smallest absolute Gasteiger partial charge is 0.308 e. The summed E-state index contributed by atoms with van der Waals surface area (Å²) in [5, 5.41) is 9.21. The predicted octanol–water partition coefficient (Wildman–Crippen LogP) is 1.97. The molecule has 15 heavy (non-hydrogen) atoms. The minimum atomic E-state index is -0.588. The first kappa shape index (κ1) is 10.9. The lowest BCUT2D eigenvalue weighted by atomic mass is 9.79. The van der Waals surface area contributed by atoms with Crippen LogP contribution in [0.1, 0.15) is 38.5 Å². The molecule has 3 nitrogen and oxygen atoms in total. The number of likely N-dealkylation sites (tertiary alicyclic amines) is 1. The molecule has 1 saturated heterocycles. The monoisotopic (exact) mass is 211 g/mol. The Morgan fingerprint density at radius 1 is 1.20 bits per heavy atom. The van der Waals surface area contributed by atoms with Gasteiger partial charge in [0, 0.05) is 6.04 Å². The maximum atomic E-state index is 11.2. The van der Waals surface area contributed by atoms with Crippen LogP contribution in [0.5, 0.6) is 0 Å². The van der Waals surface area contributed by atoms with Gasteiger partial charge in [0.05, 0.1) is 5.92 Å². The number of carbonyl (C=O) groups is 1.